The maximum Gasteiger partial charge on any atom is 0.238 e. The van der Waals surface area contributed by atoms with Gasteiger partial charge in [0, 0.05) is 11.4 Å². The second-order valence-corrected chi connectivity index (χ2v) is 6.17. The molecule has 0 aromatic heterocycles. The summed E-state index contributed by atoms with van der Waals surface area (Å²) >= 11 is 0. The van der Waals surface area contributed by atoms with E-state index in [0.29, 0.717) is 24.2 Å². The minimum atomic E-state index is -3.81. The minimum Gasteiger partial charge on any atom is -0.399 e. The summed E-state index contributed by atoms with van der Waals surface area (Å²) in [6.07, 6.45) is 1.39. The van der Waals surface area contributed by atoms with Crippen LogP contribution in [0.1, 0.15) is 26.7 Å². The first kappa shape index (κ1) is 15.7. The summed E-state index contributed by atoms with van der Waals surface area (Å²) < 4.78 is 22.7. The summed E-state index contributed by atoms with van der Waals surface area (Å²) in [5.41, 5.74) is 6.01. The molecule has 0 bridgehead atoms. The van der Waals surface area contributed by atoms with Gasteiger partial charge in [0.25, 0.3) is 0 Å². The number of anilines is 2. The van der Waals surface area contributed by atoms with Crippen molar-refractivity contribution >= 4 is 21.4 Å². The van der Waals surface area contributed by atoms with E-state index in [4.69, 9.17) is 10.9 Å². The van der Waals surface area contributed by atoms with Crippen molar-refractivity contribution in [1.82, 2.24) is 0 Å². The highest BCUT2D eigenvalue weighted by Crippen LogP contribution is 2.25. The van der Waals surface area contributed by atoms with Gasteiger partial charge in [-0.1, -0.05) is 13.8 Å². The SMILES string of the molecule is CCC(CC)(CO)Nc1cc(N)cc(S(N)(=O)=O)c1. The van der Waals surface area contributed by atoms with Crippen LogP contribution in [0.25, 0.3) is 0 Å². The van der Waals surface area contributed by atoms with Gasteiger partial charge in [-0.3, -0.25) is 0 Å². The highest BCUT2D eigenvalue weighted by molar-refractivity contribution is 7.89. The summed E-state index contributed by atoms with van der Waals surface area (Å²) in [5.74, 6) is 0. The number of hydrogen-bond acceptors (Lipinski definition) is 5. The van der Waals surface area contributed by atoms with E-state index in [0.717, 1.165) is 0 Å². The second kappa shape index (κ2) is 5.77. The van der Waals surface area contributed by atoms with Crippen molar-refractivity contribution in [3.63, 3.8) is 0 Å². The van der Waals surface area contributed by atoms with Gasteiger partial charge in [0.2, 0.25) is 10.0 Å². The first-order valence-corrected chi connectivity index (χ1v) is 7.63. The van der Waals surface area contributed by atoms with Gasteiger partial charge < -0.3 is 16.2 Å². The van der Waals surface area contributed by atoms with Gasteiger partial charge in [0.05, 0.1) is 17.0 Å². The predicted molar refractivity (Wildman–Crippen MR) is 76.2 cm³/mol. The van der Waals surface area contributed by atoms with E-state index in [1.54, 1.807) is 6.07 Å². The Bertz CT molecular complexity index is 531. The van der Waals surface area contributed by atoms with E-state index in [9.17, 15) is 13.5 Å². The van der Waals surface area contributed by atoms with Crippen LogP contribution in [0.15, 0.2) is 23.1 Å². The van der Waals surface area contributed by atoms with E-state index in [-0.39, 0.29) is 11.5 Å². The van der Waals surface area contributed by atoms with Crippen LogP contribution in [-0.4, -0.2) is 25.7 Å². The zero-order valence-corrected chi connectivity index (χ0v) is 12.0. The molecule has 0 fully saturated rings. The Labute approximate surface area is 113 Å². The van der Waals surface area contributed by atoms with E-state index in [1.807, 2.05) is 13.8 Å². The van der Waals surface area contributed by atoms with Crippen molar-refractivity contribution in [1.29, 1.82) is 0 Å². The predicted octanol–water partition coefficient (Wildman–Crippen LogP) is 0.879. The van der Waals surface area contributed by atoms with E-state index in [2.05, 4.69) is 5.32 Å². The van der Waals surface area contributed by atoms with Crippen LogP contribution in [0, 0.1) is 0 Å². The number of nitrogens with two attached hydrogens (primary N) is 2. The molecule has 1 aromatic carbocycles. The highest BCUT2D eigenvalue weighted by Gasteiger charge is 2.25. The quantitative estimate of drug-likeness (QED) is 0.579. The number of rotatable bonds is 6. The fourth-order valence-electron chi connectivity index (χ4n) is 1.85. The molecule has 0 amide bonds. The second-order valence-electron chi connectivity index (χ2n) is 4.61. The molecule has 0 aliphatic rings. The summed E-state index contributed by atoms with van der Waals surface area (Å²) in [6.45, 7) is 3.83. The molecule has 108 valence electrons. The third kappa shape index (κ3) is 3.82. The molecule has 7 heteroatoms. The largest absolute Gasteiger partial charge is 0.399 e. The fourth-order valence-corrected chi connectivity index (χ4v) is 2.45. The molecular formula is C12H21N3O3S. The number of primary sulfonamides is 1. The van der Waals surface area contributed by atoms with Gasteiger partial charge in [0.1, 0.15) is 0 Å². The molecule has 0 saturated carbocycles. The maximum atomic E-state index is 11.4. The average molecular weight is 287 g/mol. The van der Waals surface area contributed by atoms with E-state index < -0.39 is 15.6 Å². The Morgan fingerprint density at radius 1 is 1.26 bits per heavy atom. The Morgan fingerprint density at radius 3 is 2.26 bits per heavy atom. The van der Waals surface area contributed by atoms with Gasteiger partial charge >= 0.3 is 0 Å². The number of sulfonamides is 1. The molecule has 19 heavy (non-hydrogen) atoms. The zero-order valence-electron chi connectivity index (χ0n) is 11.2. The lowest BCUT2D eigenvalue weighted by Crippen LogP contribution is -2.40. The number of nitrogen functional groups attached to an aromatic ring is 1. The molecule has 0 aliphatic carbocycles. The van der Waals surface area contributed by atoms with Crippen molar-refractivity contribution in [2.45, 2.75) is 37.1 Å². The maximum absolute atomic E-state index is 11.4. The number of benzene rings is 1. The van der Waals surface area contributed by atoms with E-state index >= 15 is 0 Å². The Morgan fingerprint density at radius 2 is 1.84 bits per heavy atom. The number of aliphatic hydroxyl groups is 1. The lowest BCUT2D eigenvalue weighted by atomic mass is 9.93. The first-order valence-electron chi connectivity index (χ1n) is 6.08. The molecular weight excluding hydrogens is 266 g/mol. The van der Waals surface area contributed by atoms with Crippen molar-refractivity contribution in [2.75, 3.05) is 17.7 Å². The third-order valence-electron chi connectivity index (χ3n) is 3.32. The third-order valence-corrected chi connectivity index (χ3v) is 4.22. The Balaban J connectivity index is 3.18. The molecule has 1 aromatic rings. The molecule has 1 rings (SSSR count). The lowest BCUT2D eigenvalue weighted by molar-refractivity contribution is 0.202. The van der Waals surface area contributed by atoms with Gasteiger partial charge in [-0.2, -0.15) is 0 Å². The van der Waals surface area contributed by atoms with Crippen LogP contribution in [-0.2, 0) is 10.0 Å². The van der Waals surface area contributed by atoms with Crippen LogP contribution in [0.2, 0.25) is 0 Å². The molecule has 0 radical (unpaired) electrons. The minimum absolute atomic E-state index is 0.0472. The summed E-state index contributed by atoms with van der Waals surface area (Å²) in [6, 6.07) is 4.34. The van der Waals surface area contributed by atoms with Crippen molar-refractivity contribution in [3.05, 3.63) is 18.2 Å². The average Bonchev–Trinajstić information content (AvgIpc) is 2.34. The smallest absolute Gasteiger partial charge is 0.238 e. The van der Waals surface area contributed by atoms with E-state index in [1.165, 1.54) is 12.1 Å². The molecule has 0 atom stereocenters. The lowest BCUT2D eigenvalue weighted by Gasteiger charge is -2.32. The normalized spacial score (nSPS) is 12.4. The number of aliphatic hydroxyl groups excluding tert-OH is 1. The monoisotopic (exact) mass is 287 g/mol. The van der Waals surface area contributed by atoms with Crippen molar-refractivity contribution < 1.29 is 13.5 Å². The van der Waals surface area contributed by atoms with Crippen molar-refractivity contribution in [3.8, 4) is 0 Å². The molecule has 6 nitrogen and oxygen atoms in total. The summed E-state index contributed by atoms with van der Waals surface area (Å²) in [5, 5.41) is 17.7. The molecule has 6 N–H and O–H groups in total. The van der Waals surface area contributed by atoms with Crippen molar-refractivity contribution in [2.24, 2.45) is 5.14 Å². The molecule has 0 unspecified atom stereocenters. The van der Waals surface area contributed by atoms with Crippen LogP contribution in [0.4, 0.5) is 11.4 Å². The first-order chi connectivity index (χ1) is 8.76. The Hall–Kier alpha value is -1.31. The highest BCUT2D eigenvalue weighted by atomic mass is 32.2. The van der Waals surface area contributed by atoms with Gasteiger partial charge in [-0.25, -0.2) is 13.6 Å². The Kier molecular flexibility index (Phi) is 4.78. The molecule has 0 saturated heterocycles. The zero-order chi connectivity index (χ0) is 14.7. The number of nitrogens with one attached hydrogen (secondary N) is 1. The molecule has 0 spiro atoms. The standard InChI is InChI=1S/C12H21N3O3S/c1-3-12(4-2,8-16)15-10-5-9(13)6-11(7-10)19(14,17)18/h5-7,15-16H,3-4,8,13H2,1-2H3,(H2,14,17,18). The van der Waals surface area contributed by atoms with Gasteiger partial charge in [-0.05, 0) is 31.0 Å². The van der Waals surface area contributed by atoms with Gasteiger partial charge in [-0.15, -0.1) is 0 Å². The van der Waals surface area contributed by atoms with Crippen LogP contribution in [0.5, 0.6) is 0 Å². The summed E-state index contributed by atoms with van der Waals surface area (Å²) in [7, 11) is -3.81. The molecule has 0 aliphatic heterocycles. The molecule has 0 heterocycles. The van der Waals surface area contributed by atoms with Gasteiger partial charge in [0.15, 0.2) is 0 Å². The number of hydrogen-bond donors (Lipinski definition) is 4. The fraction of sp³-hybridized carbons (Fsp3) is 0.500. The van der Waals surface area contributed by atoms with Crippen LogP contribution >= 0.6 is 0 Å². The van der Waals surface area contributed by atoms with Crippen LogP contribution < -0.4 is 16.2 Å². The summed E-state index contributed by atoms with van der Waals surface area (Å²) in [4.78, 5) is -0.0472. The topological polar surface area (TPSA) is 118 Å². The van der Waals surface area contributed by atoms with Crippen LogP contribution in [0.3, 0.4) is 0 Å².